The molecule has 2 aliphatic rings. The molecule has 1 amide bonds. The Morgan fingerprint density at radius 1 is 1.48 bits per heavy atom. The van der Waals surface area contributed by atoms with Gasteiger partial charge in [-0.1, -0.05) is 0 Å². The zero-order valence-electron chi connectivity index (χ0n) is 15.7. The van der Waals surface area contributed by atoms with Crippen LogP contribution in [-0.4, -0.2) is 41.4 Å². The van der Waals surface area contributed by atoms with E-state index in [-0.39, 0.29) is 17.9 Å². The van der Waals surface area contributed by atoms with Gasteiger partial charge in [-0.15, -0.1) is 0 Å². The van der Waals surface area contributed by atoms with Crippen molar-refractivity contribution < 1.29 is 9.53 Å². The lowest BCUT2D eigenvalue weighted by Crippen LogP contribution is -2.26. The summed E-state index contributed by atoms with van der Waals surface area (Å²) < 4.78 is 8.57. The van der Waals surface area contributed by atoms with E-state index in [4.69, 9.17) is 10.1 Å². The average molecular weight is 367 g/mol. The number of benzene rings is 1. The highest BCUT2D eigenvalue weighted by Crippen LogP contribution is 2.41. The maximum absolute atomic E-state index is 11.6. The number of hydrogen-bond donors (Lipinski definition) is 3. The Labute approximate surface area is 158 Å². The van der Waals surface area contributed by atoms with Crippen LogP contribution >= 0.6 is 0 Å². The second kappa shape index (κ2) is 7.06. The largest absolute Gasteiger partial charge is 0.488 e. The molecule has 4 rings (SSSR count). The van der Waals surface area contributed by atoms with Crippen LogP contribution in [0, 0.1) is 11.3 Å². The Hall–Kier alpha value is -2.83. The summed E-state index contributed by atoms with van der Waals surface area (Å²) in [4.78, 5) is 16.2. The van der Waals surface area contributed by atoms with Crippen molar-refractivity contribution in [2.45, 2.75) is 38.3 Å². The van der Waals surface area contributed by atoms with Crippen molar-refractivity contribution in [1.29, 1.82) is 5.41 Å². The summed E-state index contributed by atoms with van der Waals surface area (Å²) in [6.07, 6.45) is 7.72. The van der Waals surface area contributed by atoms with Crippen molar-refractivity contribution in [1.82, 2.24) is 20.2 Å². The van der Waals surface area contributed by atoms with Crippen molar-refractivity contribution in [3.8, 4) is 5.75 Å². The van der Waals surface area contributed by atoms with Crippen LogP contribution in [0.1, 0.15) is 37.8 Å². The first-order valence-corrected chi connectivity index (χ1v) is 9.43. The molecule has 3 N–H and O–H groups in total. The summed E-state index contributed by atoms with van der Waals surface area (Å²) in [5, 5.41) is 13.6. The van der Waals surface area contributed by atoms with Crippen molar-refractivity contribution in [3.05, 3.63) is 30.2 Å². The van der Waals surface area contributed by atoms with Gasteiger partial charge in [0.15, 0.2) is 0 Å². The number of nitrogens with one attached hydrogen (secondary N) is 3. The number of carbonyl (C=O) groups excluding carboxylic acids is 1. The van der Waals surface area contributed by atoms with Crippen LogP contribution in [0.2, 0.25) is 0 Å². The molecule has 0 unspecified atom stereocenters. The molecule has 0 bridgehead atoms. The fraction of sp³-hybridized carbons (Fsp3) is 0.450. The minimum atomic E-state index is -0.0957. The number of ether oxygens (including phenoxy) is 1. The van der Waals surface area contributed by atoms with E-state index < -0.39 is 0 Å². The monoisotopic (exact) mass is 367 g/mol. The molecule has 7 heteroatoms. The van der Waals surface area contributed by atoms with Crippen LogP contribution in [0.15, 0.2) is 24.7 Å². The highest BCUT2D eigenvalue weighted by atomic mass is 16.5. The molecule has 1 aromatic heterocycles. The highest BCUT2D eigenvalue weighted by Gasteiger charge is 2.30. The van der Waals surface area contributed by atoms with Crippen molar-refractivity contribution in [3.63, 3.8) is 0 Å². The number of aromatic nitrogens is 2. The first-order chi connectivity index (χ1) is 13.1. The van der Waals surface area contributed by atoms with Gasteiger partial charge >= 0.3 is 0 Å². The van der Waals surface area contributed by atoms with Gasteiger partial charge in [0, 0.05) is 50.0 Å². The molecule has 7 nitrogen and oxygen atoms in total. The quantitative estimate of drug-likeness (QED) is 0.656. The number of hydrogen-bond acceptors (Lipinski definition) is 5. The summed E-state index contributed by atoms with van der Waals surface area (Å²) in [7, 11) is 1.81. The first-order valence-electron chi connectivity index (χ1n) is 9.43. The molecule has 0 radical (unpaired) electrons. The summed E-state index contributed by atoms with van der Waals surface area (Å²) in [6, 6.07) is 4.47. The van der Waals surface area contributed by atoms with E-state index in [1.807, 2.05) is 32.4 Å². The molecular weight excluding hydrogens is 342 g/mol. The minimum absolute atomic E-state index is 0.0837. The molecule has 2 fully saturated rings. The Balaban J connectivity index is 1.75. The SMILES string of the molecule is CN/C=C(\C=N)c1cc(O[C@H](C)[C@H]2CNC(=O)C2)c2c(c1)ncn2C1CC1. The number of imidazole rings is 1. The number of nitrogens with zero attached hydrogens (tertiary/aromatic N) is 2. The topological polar surface area (TPSA) is 92.0 Å². The Bertz CT molecular complexity index is 912. The molecule has 1 aliphatic heterocycles. The Morgan fingerprint density at radius 2 is 2.30 bits per heavy atom. The van der Waals surface area contributed by atoms with Gasteiger partial charge in [-0.05, 0) is 37.5 Å². The Morgan fingerprint density at radius 3 is 2.93 bits per heavy atom. The number of fused-ring (bicyclic) bond motifs is 1. The van der Waals surface area contributed by atoms with Crippen LogP contribution < -0.4 is 15.4 Å². The van der Waals surface area contributed by atoms with E-state index in [1.165, 1.54) is 6.21 Å². The van der Waals surface area contributed by atoms with E-state index in [2.05, 4.69) is 20.2 Å². The van der Waals surface area contributed by atoms with E-state index in [9.17, 15) is 4.79 Å². The number of allylic oxidation sites excluding steroid dienone is 1. The molecule has 1 aromatic carbocycles. The molecule has 2 heterocycles. The minimum Gasteiger partial charge on any atom is -0.488 e. The van der Waals surface area contributed by atoms with Crippen LogP contribution in [0.5, 0.6) is 5.75 Å². The van der Waals surface area contributed by atoms with Crippen LogP contribution in [0.3, 0.4) is 0 Å². The number of rotatable bonds is 7. The van der Waals surface area contributed by atoms with Crippen molar-refractivity contribution in [2.24, 2.45) is 5.92 Å². The maximum Gasteiger partial charge on any atom is 0.220 e. The molecule has 27 heavy (non-hydrogen) atoms. The summed E-state index contributed by atoms with van der Waals surface area (Å²) >= 11 is 0. The average Bonchev–Trinajstić information content (AvgIpc) is 3.26. The second-order valence-electron chi connectivity index (χ2n) is 7.35. The molecule has 2 atom stereocenters. The molecule has 1 saturated heterocycles. The molecule has 1 saturated carbocycles. The number of carbonyl (C=O) groups is 1. The predicted molar refractivity (Wildman–Crippen MR) is 105 cm³/mol. The zero-order chi connectivity index (χ0) is 19.0. The van der Waals surface area contributed by atoms with E-state index in [1.54, 1.807) is 6.20 Å². The lowest BCUT2D eigenvalue weighted by molar-refractivity contribution is -0.119. The second-order valence-corrected chi connectivity index (χ2v) is 7.35. The molecule has 1 aliphatic carbocycles. The lowest BCUT2D eigenvalue weighted by Gasteiger charge is -2.21. The molecule has 2 aromatic rings. The summed E-state index contributed by atoms with van der Waals surface area (Å²) in [5.41, 5.74) is 3.51. The molecule has 0 spiro atoms. The summed E-state index contributed by atoms with van der Waals surface area (Å²) in [6.45, 7) is 2.67. The van der Waals surface area contributed by atoms with Crippen LogP contribution in [0.4, 0.5) is 0 Å². The van der Waals surface area contributed by atoms with E-state index in [0.717, 1.165) is 40.8 Å². The van der Waals surface area contributed by atoms with Gasteiger partial charge in [0.1, 0.15) is 17.4 Å². The third-order valence-corrected chi connectivity index (χ3v) is 5.35. The smallest absolute Gasteiger partial charge is 0.220 e. The normalized spacial score (nSPS) is 21.2. The van der Waals surface area contributed by atoms with Crippen LogP contribution in [-0.2, 0) is 4.79 Å². The number of amides is 1. The van der Waals surface area contributed by atoms with Crippen molar-refractivity contribution in [2.75, 3.05) is 13.6 Å². The van der Waals surface area contributed by atoms with Gasteiger partial charge in [0.05, 0.1) is 11.8 Å². The third-order valence-electron chi connectivity index (χ3n) is 5.35. The predicted octanol–water partition coefficient (Wildman–Crippen LogP) is 2.48. The maximum atomic E-state index is 11.6. The first kappa shape index (κ1) is 17.6. The highest BCUT2D eigenvalue weighted by molar-refractivity contribution is 6.09. The van der Waals surface area contributed by atoms with Gasteiger partial charge in [0.2, 0.25) is 5.91 Å². The van der Waals surface area contributed by atoms with Gasteiger partial charge < -0.3 is 25.3 Å². The standard InChI is InChI=1S/C20H25N5O2/c1-12(14-7-19(26)23-10-14)27-18-6-13(15(8-21)9-22-2)5-17-20(18)25(11-24-17)16-3-4-16/h5-6,8-9,11-12,14,16,21-22H,3-4,7,10H2,1-2H3,(H,23,26)/b15-9+,21-8?/t12-,14-/m1/s1. The van der Waals surface area contributed by atoms with E-state index >= 15 is 0 Å². The van der Waals surface area contributed by atoms with Gasteiger partial charge in [-0.2, -0.15) is 0 Å². The fourth-order valence-electron chi connectivity index (χ4n) is 3.64. The van der Waals surface area contributed by atoms with Gasteiger partial charge in [0.25, 0.3) is 0 Å². The Kier molecular flexibility index (Phi) is 4.59. The zero-order valence-corrected chi connectivity index (χ0v) is 15.7. The molecule has 142 valence electrons. The fourth-order valence-corrected chi connectivity index (χ4v) is 3.64. The van der Waals surface area contributed by atoms with Gasteiger partial charge in [-0.3, -0.25) is 4.79 Å². The van der Waals surface area contributed by atoms with Gasteiger partial charge in [-0.25, -0.2) is 4.98 Å². The lowest BCUT2D eigenvalue weighted by atomic mass is 10.0. The van der Waals surface area contributed by atoms with E-state index in [0.29, 0.717) is 19.0 Å². The van der Waals surface area contributed by atoms with Crippen molar-refractivity contribution >= 4 is 28.7 Å². The summed E-state index contributed by atoms with van der Waals surface area (Å²) in [5.74, 6) is 1.01. The molecular formula is C20H25N5O2. The third kappa shape index (κ3) is 3.41. The van der Waals surface area contributed by atoms with Crippen LogP contribution in [0.25, 0.3) is 16.6 Å².